The van der Waals surface area contributed by atoms with Crippen LogP contribution in [0.1, 0.15) is 16.7 Å². The van der Waals surface area contributed by atoms with E-state index in [1.165, 1.54) is 11.1 Å². The van der Waals surface area contributed by atoms with E-state index in [1.807, 2.05) is 62.4 Å². The fraction of sp³-hybridized carbons (Fsp3) is 0.133. The van der Waals surface area contributed by atoms with Gasteiger partial charge in [-0.25, -0.2) is 0 Å². The molecule has 88 valence electrons. The standard InChI is InChI=1S/C15H15OS.Li/c1-12-3-7-14(8-4-12)11-17(16)15-9-5-13(2)6-10-15;/h3-11H,1-2H3;/q-1;+1. The van der Waals surface area contributed by atoms with Gasteiger partial charge < -0.3 is 0 Å². The predicted octanol–water partition coefficient (Wildman–Crippen LogP) is 0.625. The summed E-state index contributed by atoms with van der Waals surface area (Å²) in [6.07, 6.45) is 0. The van der Waals surface area contributed by atoms with Crippen molar-refractivity contribution in [2.24, 2.45) is 0 Å². The van der Waals surface area contributed by atoms with Gasteiger partial charge in [0.2, 0.25) is 0 Å². The van der Waals surface area contributed by atoms with Crippen molar-refractivity contribution in [1.82, 2.24) is 0 Å². The van der Waals surface area contributed by atoms with E-state index in [0.29, 0.717) is 0 Å². The topological polar surface area (TPSA) is 17.1 Å². The minimum absolute atomic E-state index is 0. The van der Waals surface area contributed by atoms with Gasteiger partial charge in [0.05, 0.1) is 0 Å². The number of rotatable bonds is 3. The monoisotopic (exact) mass is 250 g/mol. The summed E-state index contributed by atoms with van der Waals surface area (Å²) >= 11 is 0. The Labute approximate surface area is 123 Å². The van der Waals surface area contributed by atoms with Gasteiger partial charge in [-0.05, 0) is 26.0 Å². The van der Waals surface area contributed by atoms with Crippen LogP contribution in [-0.4, -0.2) is 4.21 Å². The van der Waals surface area contributed by atoms with Crippen LogP contribution in [0.4, 0.5) is 0 Å². The normalized spacial score (nSPS) is 11.4. The Morgan fingerprint density at radius 2 is 1.28 bits per heavy atom. The predicted molar refractivity (Wildman–Crippen MR) is 72.2 cm³/mol. The molecule has 3 heteroatoms. The summed E-state index contributed by atoms with van der Waals surface area (Å²) in [7, 11) is -1.07. The van der Waals surface area contributed by atoms with Crippen LogP contribution >= 0.6 is 0 Å². The Kier molecular flexibility index (Phi) is 5.75. The number of aryl methyl sites for hydroxylation is 2. The van der Waals surface area contributed by atoms with Gasteiger partial charge >= 0.3 is 18.9 Å². The molecule has 0 saturated carbocycles. The van der Waals surface area contributed by atoms with Crippen molar-refractivity contribution in [2.45, 2.75) is 18.7 Å². The number of hydrogen-bond donors (Lipinski definition) is 0. The van der Waals surface area contributed by atoms with Crippen LogP contribution in [0, 0.1) is 19.6 Å². The van der Waals surface area contributed by atoms with Crippen LogP contribution < -0.4 is 18.9 Å². The summed E-state index contributed by atoms with van der Waals surface area (Å²) < 4.78 is 12.1. The van der Waals surface area contributed by atoms with Gasteiger partial charge in [-0.15, -0.1) is 12.1 Å². The molecule has 0 fully saturated rings. The van der Waals surface area contributed by atoms with Crippen molar-refractivity contribution in [3.05, 3.63) is 71.0 Å². The van der Waals surface area contributed by atoms with Crippen LogP contribution in [0.2, 0.25) is 0 Å². The first-order valence-electron chi connectivity index (χ1n) is 5.54. The molecule has 0 amide bonds. The average molecular weight is 250 g/mol. The molecule has 0 N–H and O–H groups in total. The van der Waals surface area contributed by atoms with Gasteiger partial charge in [0.1, 0.15) is 0 Å². The third-order valence-electron chi connectivity index (χ3n) is 2.57. The molecule has 18 heavy (non-hydrogen) atoms. The van der Waals surface area contributed by atoms with E-state index in [1.54, 1.807) is 5.75 Å². The van der Waals surface area contributed by atoms with E-state index in [2.05, 4.69) is 0 Å². The molecule has 0 aliphatic carbocycles. The number of benzene rings is 2. The fourth-order valence-electron chi connectivity index (χ4n) is 1.51. The van der Waals surface area contributed by atoms with E-state index in [9.17, 15) is 4.21 Å². The van der Waals surface area contributed by atoms with Crippen molar-refractivity contribution in [1.29, 1.82) is 0 Å². The van der Waals surface area contributed by atoms with Crippen molar-refractivity contribution >= 4 is 10.8 Å². The summed E-state index contributed by atoms with van der Waals surface area (Å²) in [5.41, 5.74) is 3.39. The summed E-state index contributed by atoms with van der Waals surface area (Å²) in [5, 5.41) is 0. The molecular weight excluding hydrogens is 235 g/mol. The number of hydrogen-bond acceptors (Lipinski definition) is 1. The molecule has 0 spiro atoms. The summed E-state index contributed by atoms with van der Waals surface area (Å²) in [5.74, 6) is 1.78. The summed E-state index contributed by atoms with van der Waals surface area (Å²) in [6.45, 7) is 4.07. The maximum atomic E-state index is 12.1. The van der Waals surface area contributed by atoms with E-state index in [0.717, 1.165) is 10.5 Å². The van der Waals surface area contributed by atoms with Gasteiger partial charge in [0.15, 0.2) is 0 Å². The van der Waals surface area contributed by atoms with Crippen molar-refractivity contribution in [2.75, 3.05) is 0 Å². The molecule has 2 aromatic rings. The zero-order valence-corrected chi connectivity index (χ0v) is 11.8. The van der Waals surface area contributed by atoms with Crippen LogP contribution in [-0.2, 0) is 10.8 Å². The smallest absolute Gasteiger partial charge is 0.263 e. The van der Waals surface area contributed by atoms with Crippen LogP contribution in [0.3, 0.4) is 0 Å². The molecule has 1 atom stereocenters. The summed E-state index contributed by atoms with van der Waals surface area (Å²) in [6, 6.07) is 15.8. The Morgan fingerprint density at radius 1 is 0.833 bits per heavy atom. The molecule has 0 aromatic heterocycles. The minimum Gasteiger partial charge on any atom is -0.263 e. The van der Waals surface area contributed by atoms with Crippen LogP contribution in [0.5, 0.6) is 0 Å². The van der Waals surface area contributed by atoms with Gasteiger partial charge in [0, 0.05) is 15.7 Å². The Morgan fingerprint density at radius 3 is 1.78 bits per heavy atom. The maximum absolute atomic E-state index is 12.1. The quantitative estimate of drug-likeness (QED) is 0.577. The van der Waals surface area contributed by atoms with E-state index >= 15 is 0 Å². The summed E-state index contributed by atoms with van der Waals surface area (Å²) in [4.78, 5) is 0.844. The molecule has 2 aromatic carbocycles. The zero-order chi connectivity index (χ0) is 12.3. The Balaban J connectivity index is 0.00000162. The second-order valence-corrected chi connectivity index (χ2v) is 5.44. The molecule has 0 aliphatic heterocycles. The first-order chi connectivity index (χ1) is 8.15. The molecule has 0 heterocycles. The van der Waals surface area contributed by atoms with Crippen LogP contribution in [0.25, 0.3) is 0 Å². The maximum Gasteiger partial charge on any atom is 1.00 e. The molecule has 1 nitrogen and oxygen atoms in total. The molecule has 0 radical (unpaired) electrons. The Hall–Kier alpha value is -0.943. The zero-order valence-electron chi connectivity index (χ0n) is 11.0. The van der Waals surface area contributed by atoms with Gasteiger partial charge in [-0.2, -0.15) is 17.7 Å². The first kappa shape index (κ1) is 15.1. The van der Waals surface area contributed by atoms with E-state index in [4.69, 9.17) is 0 Å². The Bertz CT molecular complexity index is 517. The molecule has 0 bridgehead atoms. The van der Waals surface area contributed by atoms with Gasteiger partial charge in [-0.1, -0.05) is 29.0 Å². The molecule has 0 aliphatic rings. The third-order valence-corrected chi connectivity index (χ3v) is 3.80. The van der Waals surface area contributed by atoms with E-state index in [-0.39, 0.29) is 18.9 Å². The second kappa shape index (κ2) is 6.85. The molecular formula is C15H15LiOS. The molecule has 2 rings (SSSR count). The largest absolute Gasteiger partial charge is 1.00 e. The fourth-order valence-corrected chi connectivity index (χ4v) is 2.45. The van der Waals surface area contributed by atoms with Crippen molar-refractivity contribution in [3.8, 4) is 0 Å². The average Bonchev–Trinajstić information content (AvgIpc) is 2.33. The van der Waals surface area contributed by atoms with Crippen LogP contribution in [0.15, 0.2) is 53.4 Å². The molecule has 1 unspecified atom stereocenters. The third kappa shape index (κ3) is 4.06. The SMILES string of the molecule is Cc1ccc([CH-]S(=O)c2ccc(C)cc2)cc1.[Li+]. The van der Waals surface area contributed by atoms with Gasteiger partial charge in [0.25, 0.3) is 0 Å². The second-order valence-electron chi connectivity index (χ2n) is 4.14. The van der Waals surface area contributed by atoms with Crippen molar-refractivity contribution < 1.29 is 23.1 Å². The van der Waals surface area contributed by atoms with Gasteiger partial charge in [-0.3, -0.25) is 4.21 Å². The van der Waals surface area contributed by atoms with Crippen molar-refractivity contribution in [3.63, 3.8) is 0 Å². The first-order valence-corrected chi connectivity index (χ1v) is 6.75. The minimum atomic E-state index is -1.07. The molecule has 0 saturated heterocycles. The van der Waals surface area contributed by atoms with E-state index < -0.39 is 10.8 Å².